The van der Waals surface area contributed by atoms with Gasteiger partial charge in [-0.25, -0.2) is 0 Å². The highest BCUT2D eigenvalue weighted by molar-refractivity contribution is 5.94. The van der Waals surface area contributed by atoms with Crippen molar-refractivity contribution < 1.29 is 14.3 Å². The number of amides is 1. The van der Waals surface area contributed by atoms with E-state index in [0.717, 1.165) is 0 Å². The number of morpholine rings is 1. The molecule has 1 aliphatic rings. The molecule has 5 nitrogen and oxygen atoms in total. The molecule has 5 heteroatoms. The fourth-order valence-corrected chi connectivity index (χ4v) is 1.99. The van der Waals surface area contributed by atoms with Crippen LogP contribution in [0.1, 0.15) is 10.4 Å². The summed E-state index contributed by atoms with van der Waals surface area (Å²) in [4.78, 5) is 14.1. The molecule has 1 heterocycles. The SMILES string of the molecule is COc1cccc(C(=O)N2CCOC(CN)C2)c1. The molecule has 18 heavy (non-hydrogen) atoms. The highest BCUT2D eigenvalue weighted by Crippen LogP contribution is 2.16. The second-order valence-corrected chi connectivity index (χ2v) is 4.21. The highest BCUT2D eigenvalue weighted by atomic mass is 16.5. The quantitative estimate of drug-likeness (QED) is 0.848. The van der Waals surface area contributed by atoms with E-state index in [9.17, 15) is 4.79 Å². The average Bonchev–Trinajstić information content (AvgIpc) is 2.46. The van der Waals surface area contributed by atoms with Crippen LogP contribution in [0.25, 0.3) is 0 Å². The lowest BCUT2D eigenvalue weighted by Crippen LogP contribution is -2.48. The molecule has 1 fully saturated rings. The number of benzene rings is 1. The van der Waals surface area contributed by atoms with Crippen LogP contribution < -0.4 is 10.5 Å². The molecule has 1 aromatic rings. The van der Waals surface area contributed by atoms with Gasteiger partial charge in [0.25, 0.3) is 5.91 Å². The Labute approximate surface area is 106 Å². The summed E-state index contributed by atoms with van der Waals surface area (Å²) >= 11 is 0. The third-order valence-electron chi connectivity index (χ3n) is 3.01. The number of nitrogens with zero attached hydrogens (tertiary/aromatic N) is 1. The summed E-state index contributed by atoms with van der Waals surface area (Å²) in [5, 5.41) is 0. The number of hydrogen-bond acceptors (Lipinski definition) is 4. The van der Waals surface area contributed by atoms with Crippen molar-refractivity contribution in [2.75, 3.05) is 33.4 Å². The Balaban J connectivity index is 2.10. The molecule has 0 aromatic heterocycles. The topological polar surface area (TPSA) is 64.8 Å². The van der Waals surface area contributed by atoms with Gasteiger partial charge in [0.1, 0.15) is 5.75 Å². The van der Waals surface area contributed by atoms with E-state index in [4.69, 9.17) is 15.2 Å². The number of hydrogen-bond donors (Lipinski definition) is 1. The molecular formula is C13H18N2O3. The number of rotatable bonds is 3. The van der Waals surface area contributed by atoms with Gasteiger partial charge < -0.3 is 20.1 Å². The lowest BCUT2D eigenvalue weighted by atomic mass is 10.1. The molecule has 0 aliphatic carbocycles. The van der Waals surface area contributed by atoms with Gasteiger partial charge in [-0.2, -0.15) is 0 Å². The van der Waals surface area contributed by atoms with Gasteiger partial charge in [0.05, 0.1) is 19.8 Å². The van der Waals surface area contributed by atoms with Crippen LogP contribution in [-0.2, 0) is 4.74 Å². The molecule has 2 rings (SSSR count). The molecule has 0 saturated carbocycles. The van der Waals surface area contributed by atoms with Crippen LogP contribution in [0, 0.1) is 0 Å². The van der Waals surface area contributed by atoms with E-state index in [0.29, 0.717) is 37.6 Å². The second-order valence-electron chi connectivity index (χ2n) is 4.21. The second kappa shape index (κ2) is 5.84. The third kappa shape index (κ3) is 2.80. The predicted octanol–water partition coefficient (Wildman–Crippen LogP) is 0.495. The molecule has 1 atom stereocenters. The minimum atomic E-state index is -0.0618. The molecule has 1 aliphatic heterocycles. The van der Waals surface area contributed by atoms with Crippen molar-refractivity contribution in [1.82, 2.24) is 4.90 Å². The van der Waals surface area contributed by atoms with Crippen LogP contribution >= 0.6 is 0 Å². The van der Waals surface area contributed by atoms with Gasteiger partial charge in [0.15, 0.2) is 0 Å². The number of carbonyl (C=O) groups excluding carboxylic acids is 1. The average molecular weight is 250 g/mol. The Bertz CT molecular complexity index is 422. The highest BCUT2D eigenvalue weighted by Gasteiger charge is 2.24. The maximum Gasteiger partial charge on any atom is 0.254 e. The van der Waals surface area contributed by atoms with Gasteiger partial charge >= 0.3 is 0 Å². The zero-order valence-electron chi connectivity index (χ0n) is 10.5. The Kier molecular flexibility index (Phi) is 4.17. The van der Waals surface area contributed by atoms with Crippen molar-refractivity contribution in [3.8, 4) is 5.75 Å². The van der Waals surface area contributed by atoms with Gasteiger partial charge in [0, 0.05) is 25.2 Å². The first-order chi connectivity index (χ1) is 8.74. The van der Waals surface area contributed by atoms with Crippen molar-refractivity contribution in [3.63, 3.8) is 0 Å². The predicted molar refractivity (Wildman–Crippen MR) is 67.7 cm³/mol. The van der Waals surface area contributed by atoms with E-state index in [2.05, 4.69) is 0 Å². The van der Waals surface area contributed by atoms with Crippen LogP contribution in [-0.4, -0.2) is 50.3 Å². The summed E-state index contributed by atoms with van der Waals surface area (Å²) in [6.45, 7) is 2.12. The zero-order chi connectivity index (χ0) is 13.0. The molecule has 0 bridgehead atoms. The van der Waals surface area contributed by atoms with Crippen molar-refractivity contribution in [2.24, 2.45) is 5.73 Å². The first-order valence-electron chi connectivity index (χ1n) is 5.99. The Hall–Kier alpha value is -1.59. The number of ether oxygens (including phenoxy) is 2. The third-order valence-corrected chi connectivity index (χ3v) is 3.01. The minimum Gasteiger partial charge on any atom is -0.497 e. The Morgan fingerprint density at radius 2 is 2.44 bits per heavy atom. The summed E-state index contributed by atoms with van der Waals surface area (Å²) in [5.41, 5.74) is 6.20. The summed E-state index contributed by atoms with van der Waals surface area (Å²) in [6.07, 6.45) is -0.0618. The summed E-state index contributed by atoms with van der Waals surface area (Å²) < 4.78 is 10.6. The van der Waals surface area contributed by atoms with Crippen LogP contribution in [0.15, 0.2) is 24.3 Å². The molecule has 1 aromatic carbocycles. The van der Waals surface area contributed by atoms with Crippen LogP contribution in [0.2, 0.25) is 0 Å². The van der Waals surface area contributed by atoms with Gasteiger partial charge in [-0.1, -0.05) is 6.07 Å². The smallest absolute Gasteiger partial charge is 0.254 e. The molecule has 1 amide bonds. The van der Waals surface area contributed by atoms with Crippen molar-refractivity contribution in [1.29, 1.82) is 0 Å². The van der Waals surface area contributed by atoms with E-state index in [1.165, 1.54) is 0 Å². The van der Waals surface area contributed by atoms with E-state index >= 15 is 0 Å². The number of methoxy groups -OCH3 is 1. The van der Waals surface area contributed by atoms with Crippen molar-refractivity contribution >= 4 is 5.91 Å². The molecule has 98 valence electrons. The molecule has 1 unspecified atom stereocenters. The van der Waals surface area contributed by atoms with E-state index in [1.54, 1.807) is 24.1 Å². The van der Waals surface area contributed by atoms with Gasteiger partial charge in [-0.3, -0.25) is 4.79 Å². The fourth-order valence-electron chi connectivity index (χ4n) is 1.99. The lowest BCUT2D eigenvalue weighted by Gasteiger charge is -2.32. The molecule has 1 saturated heterocycles. The van der Waals surface area contributed by atoms with Crippen molar-refractivity contribution in [3.05, 3.63) is 29.8 Å². The Morgan fingerprint density at radius 1 is 1.61 bits per heavy atom. The lowest BCUT2D eigenvalue weighted by molar-refractivity contribution is -0.0167. The molecular weight excluding hydrogens is 232 g/mol. The number of nitrogens with two attached hydrogens (primary N) is 1. The minimum absolute atomic E-state index is 0.00403. The summed E-state index contributed by atoms with van der Waals surface area (Å²) in [7, 11) is 1.59. The van der Waals surface area contributed by atoms with E-state index < -0.39 is 0 Å². The molecule has 0 radical (unpaired) electrons. The van der Waals surface area contributed by atoms with Gasteiger partial charge in [0.2, 0.25) is 0 Å². The standard InChI is InChI=1S/C13H18N2O3/c1-17-11-4-2-3-10(7-11)13(16)15-5-6-18-12(8-14)9-15/h2-4,7,12H,5-6,8-9,14H2,1H3. The maximum absolute atomic E-state index is 12.3. The van der Waals surface area contributed by atoms with Crippen molar-refractivity contribution in [2.45, 2.75) is 6.10 Å². The summed E-state index contributed by atoms with van der Waals surface area (Å²) in [5.74, 6) is 0.681. The van der Waals surface area contributed by atoms with E-state index in [-0.39, 0.29) is 12.0 Å². The van der Waals surface area contributed by atoms with Gasteiger partial charge in [-0.15, -0.1) is 0 Å². The fraction of sp³-hybridized carbons (Fsp3) is 0.462. The zero-order valence-corrected chi connectivity index (χ0v) is 10.5. The van der Waals surface area contributed by atoms with E-state index in [1.807, 2.05) is 12.1 Å². The maximum atomic E-state index is 12.3. The van der Waals surface area contributed by atoms with Gasteiger partial charge in [-0.05, 0) is 18.2 Å². The normalized spacial score (nSPS) is 19.7. The summed E-state index contributed by atoms with van der Waals surface area (Å²) in [6, 6.07) is 7.17. The first-order valence-corrected chi connectivity index (χ1v) is 5.99. The Morgan fingerprint density at radius 3 is 3.17 bits per heavy atom. The molecule has 0 spiro atoms. The van der Waals surface area contributed by atoms with Crippen LogP contribution in [0.3, 0.4) is 0 Å². The largest absolute Gasteiger partial charge is 0.497 e. The molecule has 2 N–H and O–H groups in total. The van der Waals surface area contributed by atoms with Crippen LogP contribution in [0.4, 0.5) is 0 Å². The first kappa shape index (κ1) is 12.9. The number of carbonyl (C=O) groups is 1. The van der Waals surface area contributed by atoms with Crippen LogP contribution in [0.5, 0.6) is 5.75 Å². The monoisotopic (exact) mass is 250 g/mol.